The number of carbonyl (C=O) groups excluding carboxylic acids is 1. The predicted octanol–water partition coefficient (Wildman–Crippen LogP) is 2.59. The summed E-state index contributed by atoms with van der Waals surface area (Å²) in [4.78, 5) is 10.8. The summed E-state index contributed by atoms with van der Waals surface area (Å²) in [5.41, 5.74) is 0. The fourth-order valence-electron chi connectivity index (χ4n) is 0.639. The van der Waals surface area contributed by atoms with E-state index in [2.05, 4.69) is 0 Å². The van der Waals surface area contributed by atoms with E-state index in [9.17, 15) is 4.79 Å². The molecule has 1 atom stereocenters. The average molecular weight is 183 g/mol. The molecule has 1 nitrogen and oxygen atoms in total. The minimum Gasteiger partial charge on any atom is -0.298 e. The van der Waals surface area contributed by atoms with Gasteiger partial charge in [-0.2, -0.15) is 0 Å². The number of rotatable bonds is 5. The highest BCUT2D eigenvalue weighted by Crippen LogP contribution is 2.08. The van der Waals surface area contributed by atoms with Crippen LogP contribution in [0.2, 0.25) is 0 Å². The zero-order chi connectivity index (χ0) is 7.98. The van der Waals surface area contributed by atoms with Crippen molar-refractivity contribution < 1.29 is 4.79 Å². The van der Waals surface area contributed by atoms with Crippen molar-refractivity contribution in [3.63, 3.8) is 0 Å². The van der Waals surface area contributed by atoms with Gasteiger partial charge in [0.2, 0.25) is 0 Å². The molecule has 0 aromatic heterocycles. The standard InChI is InChI=1S/C7H12Cl2O/c1-2-7(10)6(9)4-3-5-8/h6H,2-5H2,1H3. The smallest absolute Gasteiger partial charge is 0.150 e. The summed E-state index contributed by atoms with van der Waals surface area (Å²) in [7, 11) is 0. The molecular weight excluding hydrogens is 171 g/mol. The van der Waals surface area contributed by atoms with Crippen LogP contribution in [0, 0.1) is 0 Å². The first-order chi connectivity index (χ1) is 4.72. The van der Waals surface area contributed by atoms with Gasteiger partial charge in [-0.05, 0) is 12.8 Å². The lowest BCUT2D eigenvalue weighted by molar-refractivity contribution is -0.118. The van der Waals surface area contributed by atoms with E-state index in [1.807, 2.05) is 6.92 Å². The van der Waals surface area contributed by atoms with Crippen molar-refractivity contribution in [2.75, 3.05) is 5.88 Å². The summed E-state index contributed by atoms with van der Waals surface area (Å²) in [6, 6.07) is 0. The first-order valence-corrected chi connectivity index (χ1v) is 4.42. The lowest BCUT2D eigenvalue weighted by Crippen LogP contribution is -2.12. The first kappa shape index (κ1) is 10.2. The molecule has 0 saturated heterocycles. The number of ketones is 1. The van der Waals surface area contributed by atoms with Crippen LogP contribution in [-0.4, -0.2) is 17.0 Å². The van der Waals surface area contributed by atoms with E-state index >= 15 is 0 Å². The molecule has 0 aliphatic heterocycles. The van der Waals surface area contributed by atoms with Gasteiger partial charge in [0.05, 0.1) is 5.38 Å². The fraction of sp³-hybridized carbons (Fsp3) is 0.857. The molecule has 60 valence electrons. The number of hydrogen-bond acceptors (Lipinski definition) is 1. The molecule has 0 aliphatic rings. The molecule has 1 unspecified atom stereocenters. The van der Waals surface area contributed by atoms with E-state index in [0.717, 1.165) is 6.42 Å². The molecule has 0 heterocycles. The monoisotopic (exact) mass is 182 g/mol. The number of halogens is 2. The maximum absolute atomic E-state index is 10.8. The van der Waals surface area contributed by atoms with Gasteiger partial charge in [0.15, 0.2) is 0 Å². The van der Waals surface area contributed by atoms with Crippen molar-refractivity contribution in [2.45, 2.75) is 31.6 Å². The van der Waals surface area contributed by atoms with Crippen LogP contribution in [0.15, 0.2) is 0 Å². The summed E-state index contributed by atoms with van der Waals surface area (Å²) in [6.45, 7) is 1.82. The van der Waals surface area contributed by atoms with Crippen molar-refractivity contribution in [3.05, 3.63) is 0 Å². The van der Waals surface area contributed by atoms with Gasteiger partial charge >= 0.3 is 0 Å². The third-order valence-corrected chi connectivity index (χ3v) is 2.02. The predicted molar refractivity (Wildman–Crippen MR) is 44.9 cm³/mol. The van der Waals surface area contributed by atoms with Crippen LogP contribution in [0.4, 0.5) is 0 Å². The molecule has 0 spiro atoms. The third kappa shape index (κ3) is 4.13. The Hall–Kier alpha value is 0.250. The second kappa shape index (κ2) is 5.99. The lowest BCUT2D eigenvalue weighted by Gasteiger charge is -2.03. The van der Waals surface area contributed by atoms with Gasteiger partial charge in [-0.15, -0.1) is 23.2 Å². The van der Waals surface area contributed by atoms with Crippen molar-refractivity contribution in [3.8, 4) is 0 Å². The van der Waals surface area contributed by atoms with Crippen LogP contribution >= 0.6 is 23.2 Å². The Bertz CT molecular complexity index is 104. The highest BCUT2D eigenvalue weighted by atomic mass is 35.5. The molecule has 0 saturated carbocycles. The number of Topliss-reactive ketones (excluding diaryl/α,β-unsaturated/α-hetero) is 1. The molecule has 0 radical (unpaired) electrons. The number of hydrogen-bond donors (Lipinski definition) is 0. The summed E-state index contributed by atoms with van der Waals surface area (Å²) < 4.78 is 0. The van der Waals surface area contributed by atoms with Gasteiger partial charge in [-0.25, -0.2) is 0 Å². The van der Waals surface area contributed by atoms with Gasteiger partial charge in [-0.3, -0.25) is 4.79 Å². The van der Waals surface area contributed by atoms with Gasteiger partial charge in [-0.1, -0.05) is 6.92 Å². The normalized spacial score (nSPS) is 13.1. The molecule has 10 heavy (non-hydrogen) atoms. The van der Waals surface area contributed by atoms with Gasteiger partial charge in [0.1, 0.15) is 5.78 Å². The van der Waals surface area contributed by atoms with Crippen molar-refractivity contribution in [1.82, 2.24) is 0 Å². The highest BCUT2D eigenvalue weighted by molar-refractivity contribution is 6.31. The molecule has 0 aromatic carbocycles. The third-order valence-electron chi connectivity index (χ3n) is 1.29. The molecule has 0 amide bonds. The molecule has 0 rings (SSSR count). The quantitative estimate of drug-likeness (QED) is 0.598. The van der Waals surface area contributed by atoms with Crippen LogP contribution < -0.4 is 0 Å². The van der Waals surface area contributed by atoms with Gasteiger partial charge < -0.3 is 0 Å². The van der Waals surface area contributed by atoms with E-state index in [-0.39, 0.29) is 11.2 Å². The summed E-state index contributed by atoms with van der Waals surface area (Å²) in [5.74, 6) is 0.701. The first-order valence-electron chi connectivity index (χ1n) is 3.45. The minimum atomic E-state index is -0.316. The lowest BCUT2D eigenvalue weighted by atomic mass is 10.1. The average Bonchev–Trinajstić information content (AvgIpc) is 1.98. The Labute approximate surface area is 71.7 Å². The topological polar surface area (TPSA) is 17.1 Å². The Morgan fingerprint density at radius 3 is 2.60 bits per heavy atom. The molecule has 0 N–H and O–H groups in total. The second-order valence-corrected chi connectivity index (χ2v) is 3.02. The van der Waals surface area contributed by atoms with Crippen LogP contribution in [0.25, 0.3) is 0 Å². The highest BCUT2D eigenvalue weighted by Gasteiger charge is 2.11. The number of carbonyl (C=O) groups is 1. The van der Waals surface area contributed by atoms with Crippen LogP contribution in [0.1, 0.15) is 26.2 Å². The Morgan fingerprint density at radius 2 is 2.20 bits per heavy atom. The summed E-state index contributed by atoms with van der Waals surface area (Å²) in [5, 5.41) is -0.316. The zero-order valence-electron chi connectivity index (χ0n) is 6.07. The van der Waals surface area contributed by atoms with E-state index in [0.29, 0.717) is 18.7 Å². The van der Waals surface area contributed by atoms with Crippen molar-refractivity contribution in [1.29, 1.82) is 0 Å². The zero-order valence-corrected chi connectivity index (χ0v) is 7.58. The number of alkyl halides is 2. The minimum absolute atomic E-state index is 0.117. The second-order valence-electron chi connectivity index (χ2n) is 2.12. The Balaban J connectivity index is 3.41. The molecule has 3 heteroatoms. The molecule has 0 aliphatic carbocycles. The van der Waals surface area contributed by atoms with Crippen LogP contribution in [0.3, 0.4) is 0 Å². The van der Waals surface area contributed by atoms with Crippen molar-refractivity contribution >= 4 is 29.0 Å². The van der Waals surface area contributed by atoms with E-state index in [1.165, 1.54) is 0 Å². The SMILES string of the molecule is CCC(=O)C(Cl)CCCCl. The largest absolute Gasteiger partial charge is 0.298 e. The van der Waals surface area contributed by atoms with Crippen LogP contribution in [-0.2, 0) is 4.79 Å². The Kier molecular flexibility index (Phi) is 6.14. The van der Waals surface area contributed by atoms with E-state index in [1.54, 1.807) is 0 Å². The van der Waals surface area contributed by atoms with Crippen molar-refractivity contribution in [2.24, 2.45) is 0 Å². The Morgan fingerprint density at radius 1 is 1.60 bits per heavy atom. The van der Waals surface area contributed by atoms with Gasteiger partial charge in [0, 0.05) is 12.3 Å². The summed E-state index contributed by atoms with van der Waals surface area (Å²) >= 11 is 11.1. The molecule has 0 aromatic rings. The van der Waals surface area contributed by atoms with E-state index < -0.39 is 0 Å². The molecule has 0 fully saturated rings. The maximum atomic E-state index is 10.8. The summed E-state index contributed by atoms with van der Waals surface area (Å²) in [6.07, 6.45) is 2.05. The van der Waals surface area contributed by atoms with Crippen LogP contribution in [0.5, 0.6) is 0 Å². The molecule has 0 bridgehead atoms. The van der Waals surface area contributed by atoms with E-state index in [4.69, 9.17) is 23.2 Å². The fourth-order valence-corrected chi connectivity index (χ4v) is 1.10. The van der Waals surface area contributed by atoms with Gasteiger partial charge in [0.25, 0.3) is 0 Å². The maximum Gasteiger partial charge on any atom is 0.150 e. The molecular formula is C7H12Cl2O.